The molecule has 1 aromatic heterocycles. The summed E-state index contributed by atoms with van der Waals surface area (Å²) in [5.41, 5.74) is 4.63. The number of aliphatic hydroxyl groups is 1. The van der Waals surface area contributed by atoms with Crippen LogP contribution in [0.15, 0.2) is 54.0 Å². The van der Waals surface area contributed by atoms with Crippen molar-refractivity contribution in [2.75, 3.05) is 6.54 Å². The number of aliphatic hydroxyl groups excluding tert-OH is 1. The highest BCUT2D eigenvalue weighted by molar-refractivity contribution is 7.13. The molecule has 1 aliphatic rings. The van der Waals surface area contributed by atoms with Gasteiger partial charge >= 0.3 is 0 Å². The summed E-state index contributed by atoms with van der Waals surface area (Å²) in [6, 6.07) is 14.2. The Hall–Kier alpha value is -4.07. The summed E-state index contributed by atoms with van der Waals surface area (Å²) in [6.07, 6.45) is -0.749. The third-order valence-corrected chi connectivity index (χ3v) is 7.91. The quantitative estimate of drug-likeness (QED) is 0.406. The highest BCUT2D eigenvalue weighted by Crippen LogP contribution is 2.28. The van der Waals surface area contributed by atoms with Gasteiger partial charge in [0.25, 0.3) is 5.91 Å². The SMILES string of the molecule is Cc1ncsc1-c1ccc(CNC(=O)[C@@H]2C[C@@H](O)CN2C(=O)[C@@H](NC(=O)c2cccc(C#N)c2)C(C)(C)C)cc1. The molecule has 208 valence electrons. The molecule has 3 aromatic rings. The van der Waals surface area contributed by atoms with E-state index in [1.807, 2.05) is 63.5 Å². The summed E-state index contributed by atoms with van der Waals surface area (Å²) in [6.45, 7) is 7.68. The number of carbonyl (C=O) groups is 3. The molecule has 0 unspecified atom stereocenters. The average molecular weight is 560 g/mol. The Morgan fingerprint density at radius 3 is 2.55 bits per heavy atom. The zero-order valence-corrected chi connectivity index (χ0v) is 23.8. The van der Waals surface area contributed by atoms with Gasteiger partial charge in [-0.1, -0.05) is 51.1 Å². The number of carbonyl (C=O) groups excluding carboxylic acids is 3. The Labute approximate surface area is 237 Å². The van der Waals surface area contributed by atoms with E-state index in [4.69, 9.17) is 5.26 Å². The summed E-state index contributed by atoms with van der Waals surface area (Å²) in [5, 5.41) is 25.3. The third-order valence-electron chi connectivity index (χ3n) is 6.94. The molecule has 0 bridgehead atoms. The Balaban J connectivity index is 1.45. The number of thiazole rings is 1. The van der Waals surface area contributed by atoms with Crippen LogP contribution in [0.1, 0.15) is 54.4 Å². The van der Waals surface area contributed by atoms with E-state index in [9.17, 15) is 19.5 Å². The summed E-state index contributed by atoms with van der Waals surface area (Å²) >= 11 is 1.57. The van der Waals surface area contributed by atoms with E-state index in [1.165, 1.54) is 11.0 Å². The molecular formula is C30H33N5O4S. The van der Waals surface area contributed by atoms with Crippen molar-refractivity contribution in [3.63, 3.8) is 0 Å². The second kappa shape index (κ2) is 12.0. The third kappa shape index (κ3) is 6.55. The predicted octanol–water partition coefficient (Wildman–Crippen LogP) is 3.41. The molecule has 3 N–H and O–H groups in total. The van der Waals surface area contributed by atoms with Gasteiger partial charge in [-0.2, -0.15) is 5.26 Å². The monoisotopic (exact) mass is 559 g/mol. The van der Waals surface area contributed by atoms with Gasteiger partial charge < -0.3 is 20.6 Å². The van der Waals surface area contributed by atoms with Crippen LogP contribution in [-0.4, -0.2) is 57.4 Å². The lowest BCUT2D eigenvalue weighted by Crippen LogP contribution is -2.57. The van der Waals surface area contributed by atoms with E-state index in [2.05, 4.69) is 15.6 Å². The topological polar surface area (TPSA) is 135 Å². The van der Waals surface area contributed by atoms with E-state index < -0.39 is 35.4 Å². The van der Waals surface area contributed by atoms with Crippen molar-refractivity contribution < 1.29 is 19.5 Å². The lowest BCUT2D eigenvalue weighted by molar-refractivity contribution is -0.142. The summed E-state index contributed by atoms with van der Waals surface area (Å²) < 4.78 is 0. The second-order valence-electron chi connectivity index (χ2n) is 11.0. The van der Waals surface area contributed by atoms with Crippen LogP contribution in [0, 0.1) is 23.7 Å². The van der Waals surface area contributed by atoms with Gasteiger partial charge in [-0.25, -0.2) is 4.98 Å². The van der Waals surface area contributed by atoms with Crippen LogP contribution in [0.4, 0.5) is 0 Å². The van der Waals surface area contributed by atoms with Crippen LogP contribution >= 0.6 is 11.3 Å². The van der Waals surface area contributed by atoms with Crippen LogP contribution in [0.2, 0.25) is 0 Å². The van der Waals surface area contributed by atoms with Crippen molar-refractivity contribution in [2.45, 2.75) is 58.8 Å². The van der Waals surface area contributed by atoms with E-state index in [0.29, 0.717) is 5.56 Å². The van der Waals surface area contributed by atoms with Gasteiger partial charge in [-0.05, 0) is 41.7 Å². The normalized spacial score (nSPS) is 17.6. The molecule has 3 amide bonds. The van der Waals surface area contributed by atoms with Gasteiger partial charge in [0.2, 0.25) is 11.8 Å². The van der Waals surface area contributed by atoms with E-state index in [-0.39, 0.29) is 31.0 Å². The summed E-state index contributed by atoms with van der Waals surface area (Å²) in [4.78, 5) is 46.7. The molecule has 0 spiro atoms. The standard InChI is InChI=1S/C30H33N5O4S/c1-18-25(40-17-33-18)21-10-8-19(9-11-21)15-32-28(38)24-13-23(36)16-35(24)29(39)26(30(2,3)4)34-27(37)22-7-5-6-20(12-22)14-31/h5-12,17,23-24,26,36H,13,15-16H2,1-4H3,(H,32,38)(H,34,37)/t23-,24+,26-/m1/s1. The number of rotatable bonds is 7. The van der Waals surface area contributed by atoms with Gasteiger partial charge in [-0.15, -0.1) is 11.3 Å². The maximum Gasteiger partial charge on any atom is 0.251 e. The Morgan fingerprint density at radius 1 is 1.20 bits per heavy atom. The first-order chi connectivity index (χ1) is 19.0. The van der Waals surface area contributed by atoms with E-state index in [0.717, 1.165) is 21.7 Å². The minimum Gasteiger partial charge on any atom is -0.391 e. The van der Waals surface area contributed by atoms with Gasteiger partial charge in [-0.3, -0.25) is 14.4 Å². The molecule has 1 fully saturated rings. The molecule has 2 heterocycles. The van der Waals surface area contributed by atoms with E-state index in [1.54, 1.807) is 29.5 Å². The molecule has 0 saturated carbocycles. The van der Waals surface area contributed by atoms with Gasteiger partial charge in [0.15, 0.2) is 0 Å². The molecule has 1 saturated heterocycles. The van der Waals surface area contributed by atoms with Crippen molar-refractivity contribution in [3.05, 3.63) is 76.4 Å². The Bertz CT molecular complexity index is 1440. The van der Waals surface area contributed by atoms with Crippen LogP contribution < -0.4 is 10.6 Å². The number of aromatic nitrogens is 1. The highest BCUT2D eigenvalue weighted by atomic mass is 32.1. The molecule has 0 radical (unpaired) electrons. The maximum atomic E-state index is 13.8. The Kier molecular flexibility index (Phi) is 8.67. The molecule has 10 heteroatoms. The van der Waals surface area contributed by atoms with Crippen molar-refractivity contribution in [1.29, 1.82) is 5.26 Å². The van der Waals surface area contributed by atoms with Crippen LogP contribution in [-0.2, 0) is 16.1 Å². The van der Waals surface area contributed by atoms with Gasteiger partial charge in [0.1, 0.15) is 12.1 Å². The van der Waals surface area contributed by atoms with Gasteiger partial charge in [0, 0.05) is 25.1 Å². The number of benzene rings is 2. The van der Waals surface area contributed by atoms with Crippen LogP contribution in [0.25, 0.3) is 10.4 Å². The van der Waals surface area contributed by atoms with Crippen molar-refractivity contribution >= 4 is 29.1 Å². The Morgan fingerprint density at radius 2 is 1.93 bits per heavy atom. The smallest absolute Gasteiger partial charge is 0.251 e. The second-order valence-corrected chi connectivity index (χ2v) is 11.9. The van der Waals surface area contributed by atoms with Crippen LogP contribution in [0.3, 0.4) is 0 Å². The fourth-order valence-corrected chi connectivity index (χ4v) is 5.54. The minimum absolute atomic E-state index is 0.00775. The zero-order chi connectivity index (χ0) is 29.0. The predicted molar refractivity (Wildman–Crippen MR) is 152 cm³/mol. The lowest BCUT2D eigenvalue weighted by atomic mass is 9.85. The minimum atomic E-state index is -0.964. The fraction of sp³-hybridized carbons (Fsp3) is 0.367. The molecule has 4 rings (SSSR count). The van der Waals surface area contributed by atoms with Crippen LogP contribution in [0.5, 0.6) is 0 Å². The molecule has 1 aliphatic heterocycles. The number of likely N-dealkylation sites (tertiary alicyclic amines) is 1. The molecule has 40 heavy (non-hydrogen) atoms. The van der Waals surface area contributed by atoms with Gasteiger partial charge in [0.05, 0.1) is 33.8 Å². The number of amides is 3. The summed E-state index contributed by atoms with van der Waals surface area (Å²) in [5.74, 6) is -1.31. The molecular weight excluding hydrogens is 526 g/mol. The number of nitrogens with one attached hydrogen (secondary N) is 2. The number of β-amino-alcohol motifs (C(OH)–C–C–N with tert-alkyl or cyclic N) is 1. The molecule has 0 aliphatic carbocycles. The van der Waals surface area contributed by atoms with Crippen molar-refractivity contribution in [2.24, 2.45) is 5.41 Å². The number of aryl methyl sites for hydroxylation is 1. The largest absolute Gasteiger partial charge is 0.391 e. The number of hydrogen-bond donors (Lipinski definition) is 3. The molecule has 9 nitrogen and oxygen atoms in total. The zero-order valence-electron chi connectivity index (χ0n) is 23.0. The first-order valence-corrected chi connectivity index (χ1v) is 13.9. The number of nitrogens with zero attached hydrogens (tertiary/aromatic N) is 3. The molecule has 2 aromatic carbocycles. The highest BCUT2D eigenvalue weighted by Gasteiger charge is 2.44. The maximum absolute atomic E-state index is 13.8. The molecule has 3 atom stereocenters. The lowest BCUT2D eigenvalue weighted by Gasteiger charge is -2.35. The first kappa shape index (κ1) is 28.9. The fourth-order valence-electron chi connectivity index (χ4n) is 4.72. The van der Waals surface area contributed by atoms with Crippen molar-refractivity contribution in [3.8, 4) is 16.5 Å². The summed E-state index contributed by atoms with van der Waals surface area (Å²) in [7, 11) is 0. The van der Waals surface area contributed by atoms with E-state index >= 15 is 0 Å². The number of nitriles is 1. The average Bonchev–Trinajstić information content (AvgIpc) is 3.54. The first-order valence-electron chi connectivity index (χ1n) is 13.0. The van der Waals surface area contributed by atoms with Crippen molar-refractivity contribution in [1.82, 2.24) is 20.5 Å². The number of hydrogen-bond acceptors (Lipinski definition) is 7.